The molecule has 1 aliphatic carbocycles. The summed E-state index contributed by atoms with van der Waals surface area (Å²) in [6.07, 6.45) is 1.57. The highest BCUT2D eigenvalue weighted by molar-refractivity contribution is 5.81. The molecule has 0 spiro atoms. The summed E-state index contributed by atoms with van der Waals surface area (Å²) < 4.78 is 0. The molecule has 0 heterocycles. The van der Waals surface area contributed by atoms with Crippen molar-refractivity contribution in [2.45, 2.75) is 25.7 Å². The highest BCUT2D eigenvalue weighted by atomic mass is 16.4. The topological polar surface area (TPSA) is 37.3 Å². The van der Waals surface area contributed by atoms with Crippen molar-refractivity contribution in [3.8, 4) is 11.1 Å². The van der Waals surface area contributed by atoms with Gasteiger partial charge in [0.25, 0.3) is 0 Å². The number of fused-ring (bicyclic) bond motifs is 1. The molecule has 2 heteroatoms. The molecule has 2 nitrogen and oxygen atoms in total. The smallest absolute Gasteiger partial charge is 0.310 e. The van der Waals surface area contributed by atoms with E-state index in [4.69, 9.17) is 0 Å². The van der Waals surface area contributed by atoms with Gasteiger partial charge in [0.1, 0.15) is 0 Å². The second kappa shape index (κ2) is 4.54. The van der Waals surface area contributed by atoms with E-state index >= 15 is 0 Å². The van der Waals surface area contributed by atoms with Crippen molar-refractivity contribution in [1.29, 1.82) is 0 Å². The first-order valence-electron chi connectivity index (χ1n) is 6.58. The van der Waals surface area contributed by atoms with Gasteiger partial charge in [0, 0.05) is 0 Å². The van der Waals surface area contributed by atoms with E-state index in [1.54, 1.807) is 0 Å². The van der Waals surface area contributed by atoms with Gasteiger partial charge in [0.05, 0.1) is 5.92 Å². The molecule has 0 bridgehead atoms. The number of benzene rings is 2. The van der Waals surface area contributed by atoms with Crippen LogP contribution in [0.5, 0.6) is 0 Å². The molecule has 1 atom stereocenters. The summed E-state index contributed by atoms with van der Waals surface area (Å²) in [5, 5.41) is 9.26. The molecule has 0 aliphatic heterocycles. The van der Waals surface area contributed by atoms with E-state index < -0.39 is 5.97 Å². The van der Waals surface area contributed by atoms with Gasteiger partial charge >= 0.3 is 5.97 Å². The summed E-state index contributed by atoms with van der Waals surface area (Å²) in [4.78, 5) is 11.3. The van der Waals surface area contributed by atoms with E-state index in [1.807, 2.05) is 12.1 Å². The lowest BCUT2D eigenvalue weighted by Gasteiger charge is -2.10. The summed E-state index contributed by atoms with van der Waals surface area (Å²) in [5.74, 6) is -1.04. The van der Waals surface area contributed by atoms with Crippen molar-refractivity contribution >= 4 is 5.97 Å². The highest BCUT2D eigenvalue weighted by Gasteiger charge is 2.29. The quantitative estimate of drug-likeness (QED) is 0.883. The normalized spacial score (nSPS) is 17.2. The molecule has 0 saturated carbocycles. The molecule has 0 fully saturated rings. The maximum absolute atomic E-state index is 11.3. The second-order valence-electron chi connectivity index (χ2n) is 5.17. The third-order valence-electron chi connectivity index (χ3n) is 3.93. The number of hydrogen-bond donors (Lipinski definition) is 1. The molecule has 2 aromatic rings. The Balaban J connectivity index is 2.10. The van der Waals surface area contributed by atoms with Crippen molar-refractivity contribution in [2.24, 2.45) is 0 Å². The van der Waals surface area contributed by atoms with E-state index in [0.717, 1.165) is 12.0 Å². The molecular formula is C17H16O2. The largest absolute Gasteiger partial charge is 0.481 e. The van der Waals surface area contributed by atoms with Crippen LogP contribution < -0.4 is 0 Å². The first-order chi connectivity index (χ1) is 9.16. The Morgan fingerprint density at radius 1 is 1.16 bits per heavy atom. The molecule has 96 valence electrons. The average Bonchev–Trinajstić information content (AvgIpc) is 2.83. The first-order valence-corrected chi connectivity index (χ1v) is 6.58. The van der Waals surface area contributed by atoms with Gasteiger partial charge in [-0.1, -0.05) is 48.0 Å². The van der Waals surface area contributed by atoms with Gasteiger partial charge in [-0.3, -0.25) is 4.79 Å². The van der Waals surface area contributed by atoms with Crippen LogP contribution in [0.4, 0.5) is 0 Å². The maximum Gasteiger partial charge on any atom is 0.310 e. The van der Waals surface area contributed by atoms with E-state index in [0.29, 0.717) is 6.42 Å². The average molecular weight is 252 g/mol. The molecule has 1 unspecified atom stereocenters. The van der Waals surface area contributed by atoms with Crippen LogP contribution in [0.3, 0.4) is 0 Å². The Bertz CT molecular complexity index is 626. The maximum atomic E-state index is 11.3. The molecule has 19 heavy (non-hydrogen) atoms. The summed E-state index contributed by atoms with van der Waals surface area (Å²) >= 11 is 0. The lowest BCUT2D eigenvalue weighted by atomic mass is 9.94. The number of carboxylic acids is 1. The van der Waals surface area contributed by atoms with Crippen molar-refractivity contribution in [3.63, 3.8) is 0 Å². The fourth-order valence-corrected chi connectivity index (χ4v) is 2.91. The molecule has 1 aliphatic rings. The summed E-state index contributed by atoms with van der Waals surface area (Å²) in [6, 6.07) is 14.4. The zero-order valence-electron chi connectivity index (χ0n) is 10.9. The number of carboxylic acid groups (broad SMARTS) is 1. The highest BCUT2D eigenvalue weighted by Crippen LogP contribution is 2.39. The Morgan fingerprint density at radius 2 is 1.89 bits per heavy atom. The van der Waals surface area contributed by atoms with Gasteiger partial charge in [-0.25, -0.2) is 0 Å². The van der Waals surface area contributed by atoms with Crippen LogP contribution in [0.1, 0.15) is 29.0 Å². The van der Waals surface area contributed by atoms with Gasteiger partial charge < -0.3 is 5.11 Å². The Hall–Kier alpha value is -2.09. The van der Waals surface area contributed by atoms with Crippen LogP contribution >= 0.6 is 0 Å². The van der Waals surface area contributed by atoms with E-state index in [9.17, 15) is 9.90 Å². The molecule has 1 N–H and O–H groups in total. The third kappa shape index (κ3) is 2.03. The molecule has 2 aromatic carbocycles. The molecule has 3 rings (SSSR count). The van der Waals surface area contributed by atoms with Crippen LogP contribution in [0.2, 0.25) is 0 Å². The molecule has 0 amide bonds. The SMILES string of the molecule is Cc1ccc(-c2cccc3c2CCC3C(=O)O)cc1. The molecular weight excluding hydrogens is 236 g/mol. The van der Waals surface area contributed by atoms with Gasteiger partial charge in [-0.2, -0.15) is 0 Å². The van der Waals surface area contributed by atoms with Gasteiger partial charge in [0.15, 0.2) is 0 Å². The number of aryl methyl sites for hydroxylation is 1. The van der Waals surface area contributed by atoms with Crippen LogP contribution in [0.25, 0.3) is 11.1 Å². The number of carbonyl (C=O) groups is 1. The van der Waals surface area contributed by atoms with Gasteiger partial charge in [0.2, 0.25) is 0 Å². The van der Waals surface area contributed by atoms with Crippen molar-refractivity contribution in [3.05, 3.63) is 59.2 Å². The van der Waals surface area contributed by atoms with Crippen molar-refractivity contribution in [1.82, 2.24) is 0 Å². The molecule has 0 radical (unpaired) electrons. The summed E-state index contributed by atoms with van der Waals surface area (Å²) in [6.45, 7) is 2.07. The number of aliphatic carboxylic acids is 1. The predicted molar refractivity (Wildman–Crippen MR) is 75.3 cm³/mol. The lowest BCUT2D eigenvalue weighted by Crippen LogP contribution is -2.07. The van der Waals surface area contributed by atoms with E-state index in [2.05, 4.69) is 37.3 Å². The van der Waals surface area contributed by atoms with Crippen molar-refractivity contribution < 1.29 is 9.90 Å². The minimum atomic E-state index is -0.709. The Kier molecular flexibility index (Phi) is 2.86. The number of rotatable bonds is 2. The molecule has 0 aromatic heterocycles. The second-order valence-corrected chi connectivity index (χ2v) is 5.17. The van der Waals surface area contributed by atoms with E-state index in [-0.39, 0.29) is 5.92 Å². The Labute approximate surface area is 112 Å². The minimum Gasteiger partial charge on any atom is -0.481 e. The fraction of sp³-hybridized carbons (Fsp3) is 0.235. The number of hydrogen-bond acceptors (Lipinski definition) is 1. The predicted octanol–water partition coefficient (Wildman–Crippen LogP) is 3.78. The minimum absolute atomic E-state index is 0.333. The van der Waals surface area contributed by atoms with Gasteiger partial charge in [-0.05, 0) is 42.0 Å². The fourth-order valence-electron chi connectivity index (χ4n) is 2.91. The lowest BCUT2D eigenvalue weighted by molar-refractivity contribution is -0.138. The van der Waals surface area contributed by atoms with Crippen LogP contribution in [0.15, 0.2) is 42.5 Å². The summed E-state index contributed by atoms with van der Waals surface area (Å²) in [5.41, 5.74) is 5.79. The van der Waals surface area contributed by atoms with Gasteiger partial charge in [-0.15, -0.1) is 0 Å². The standard InChI is InChI=1S/C17H16O2/c1-11-5-7-12(8-6-11)13-3-2-4-14-15(13)9-10-16(14)17(18)19/h2-8,16H,9-10H2,1H3,(H,18,19). The van der Waals surface area contributed by atoms with E-state index in [1.165, 1.54) is 22.3 Å². The zero-order valence-corrected chi connectivity index (χ0v) is 10.9. The summed E-state index contributed by atoms with van der Waals surface area (Å²) in [7, 11) is 0. The zero-order chi connectivity index (χ0) is 13.4. The Morgan fingerprint density at radius 3 is 2.58 bits per heavy atom. The monoisotopic (exact) mass is 252 g/mol. The van der Waals surface area contributed by atoms with Crippen LogP contribution in [-0.2, 0) is 11.2 Å². The van der Waals surface area contributed by atoms with Crippen LogP contribution in [-0.4, -0.2) is 11.1 Å². The first kappa shape index (κ1) is 12.0. The molecule has 0 saturated heterocycles. The van der Waals surface area contributed by atoms with Crippen LogP contribution in [0, 0.1) is 6.92 Å². The third-order valence-corrected chi connectivity index (χ3v) is 3.93. The van der Waals surface area contributed by atoms with Crippen molar-refractivity contribution in [2.75, 3.05) is 0 Å².